The number of benzene rings is 2. The van der Waals surface area contributed by atoms with Gasteiger partial charge >= 0.3 is 0 Å². The quantitative estimate of drug-likeness (QED) is 0.346. The maximum Gasteiger partial charge on any atom is 0.129 e. The molecule has 5 nitrogen and oxygen atoms in total. The first-order chi connectivity index (χ1) is 16.1. The summed E-state index contributed by atoms with van der Waals surface area (Å²) < 4.78 is 14.3. The van der Waals surface area contributed by atoms with Crippen molar-refractivity contribution in [1.82, 2.24) is 20.3 Å². The number of halogens is 2. The molecule has 2 aromatic carbocycles. The Kier molecular flexibility index (Phi) is 5.74. The molecule has 5 rings (SSSR count). The zero-order valence-electron chi connectivity index (χ0n) is 17.6. The summed E-state index contributed by atoms with van der Waals surface area (Å²) in [4.78, 5) is 11.8. The highest BCUT2D eigenvalue weighted by atomic mass is 35.5. The van der Waals surface area contributed by atoms with Crippen LogP contribution in [0.5, 0.6) is 0 Å². The summed E-state index contributed by atoms with van der Waals surface area (Å²) in [6.07, 6.45) is 5.69. The van der Waals surface area contributed by atoms with Crippen LogP contribution in [0.15, 0.2) is 67.1 Å². The summed E-state index contributed by atoms with van der Waals surface area (Å²) >= 11 is 6.08. The highest BCUT2D eigenvalue weighted by Crippen LogP contribution is 2.23. The van der Waals surface area contributed by atoms with Gasteiger partial charge in [0.05, 0.1) is 16.1 Å². The Morgan fingerprint density at radius 3 is 2.79 bits per heavy atom. The van der Waals surface area contributed by atoms with Crippen molar-refractivity contribution in [2.75, 3.05) is 0 Å². The van der Waals surface area contributed by atoms with Crippen molar-refractivity contribution in [2.45, 2.75) is 19.5 Å². The molecule has 3 aromatic heterocycles. The van der Waals surface area contributed by atoms with Crippen molar-refractivity contribution in [3.8, 4) is 6.07 Å². The van der Waals surface area contributed by atoms with Crippen molar-refractivity contribution < 1.29 is 4.39 Å². The zero-order chi connectivity index (χ0) is 22.8. The van der Waals surface area contributed by atoms with Crippen molar-refractivity contribution >= 4 is 33.4 Å². The molecule has 0 aliphatic rings. The number of rotatable bonds is 6. The summed E-state index contributed by atoms with van der Waals surface area (Å²) in [5, 5.41) is 15.2. The van der Waals surface area contributed by atoms with Gasteiger partial charge in [-0.2, -0.15) is 5.26 Å². The molecule has 0 aliphatic heterocycles. The average Bonchev–Trinajstić information content (AvgIpc) is 3.25. The normalized spacial score (nSPS) is 11.2. The van der Waals surface area contributed by atoms with Crippen LogP contribution in [0.25, 0.3) is 21.8 Å². The number of H-pyrrole nitrogens is 1. The molecule has 33 heavy (non-hydrogen) atoms. The number of fused-ring (bicyclic) bond motifs is 2. The molecule has 162 valence electrons. The van der Waals surface area contributed by atoms with E-state index in [1.54, 1.807) is 18.6 Å². The van der Waals surface area contributed by atoms with Crippen LogP contribution in [0.2, 0.25) is 5.02 Å². The highest BCUT2D eigenvalue weighted by molar-refractivity contribution is 6.31. The second kappa shape index (κ2) is 8.99. The number of pyridine rings is 2. The lowest BCUT2D eigenvalue weighted by Crippen LogP contribution is -2.14. The van der Waals surface area contributed by atoms with Gasteiger partial charge in [-0.25, -0.2) is 4.39 Å². The minimum Gasteiger partial charge on any atom is -0.361 e. The van der Waals surface area contributed by atoms with Gasteiger partial charge in [0.2, 0.25) is 0 Å². The van der Waals surface area contributed by atoms with Gasteiger partial charge in [-0.3, -0.25) is 9.97 Å². The van der Waals surface area contributed by atoms with Gasteiger partial charge in [-0.05, 0) is 65.0 Å². The largest absolute Gasteiger partial charge is 0.361 e. The van der Waals surface area contributed by atoms with E-state index in [9.17, 15) is 9.65 Å². The molecule has 0 amide bonds. The molecule has 0 saturated carbocycles. The maximum atomic E-state index is 14.3. The van der Waals surface area contributed by atoms with E-state index in [4.69, 9.17) is 11.6 Å². The predicted octanol–water partition coefficient (Wildman–Crippen LogP) is 5.66. The van der Waals surface area contributed by atoms with Crippen LogP contribution in [-0.4, -0.2) is 15.0 Å². The van der Waals surface area contributed by atoms with E-state index in [1.165, 1.54) is 6.07 Å². The minimum absolute atomic E-state index is 0.230. The summed E-state index contributed by atoms with van der Waals surface area (Å²) in [6.45, 7) is 1.01. The molecule has 3 heterocycles. The number of hydrogen-bond donors (Lipinski definition) is 2. The molecule has 7 heteroatoms. The van der Waals surface area contributed by atoms with E-state index < -0.39 is 0 Å². The molecule has 0 spiro atoms. The Morgan fingerprint density at radius 2 is 1.91 bits per heavy atom. The van der Waals surface area contributed by atoms with E-state index >= 15 is 0 Å². The van der Waals surface area contributed by atoms with Crippen LogP contribution in [0.1, 0.15) is 27.9 Å². The van der Waals surface area contributed by atoms with E-state index in [1.807, 2.05) is 42.5 Å². The lowest BCUT2D eigenvalue weighted by Gasteiger charge is -2.09. The number of nitriles is 1. The van der Waals surface area contributed by atoms with Crippen molar-refractivity contribution in [1.29, 1.82) is 5.26 Å². The SMILES string of the molecule is N#Cc1cc(Cc2cc(CNCc3cc4cc[nH]c4cc3F)ccn2)cc2cc(Cl)cnc12. The average molecular weight is 456 g/mol. The second-order valence-electron chi connectivity index (χ2n) is 7.92. The smallest absolute Gasteiger partial charge is 0.129 e. The lowest BCUT2D eigenvalue weighted by molar-refractivity contribution is 0.589. The monoisotopic (exact) mass is 455 g/mol. The molecule has 0 bridgehead atoms. The molecule has 2 N–H and O–H groups in total. The number of aromatic nitrogens is 3. The molecule has 0 unspecified atom stereocenters. The van der Waals surface area contributed by atoms with Gasteiger partial charge in [-0.1, -0.05) is 11.6 Å². The van der Waals surface area contributed by atoms with Crippen LogP contribution in [0.4, 0.5) is 4.39 Å². The van der Waals surface area contributed by atoms with Crippen LogP contribution < -0.4 is 5.32 Å². The lowest BCUT2D eigenvalue weighted by atomic mass is 10.0. The molecule has 0 fully saturated rings. The zero-order valence-corrected chi connectivity index (χ0v) is 18.3. The minimum atomic E-state index is -0.230. The summed E-state index contributed by atoms with van der Waals surface area (Å²) in [6, 6.07) is 17.1. The van der Waals surface area contributed by atoms with Crippen LogP contribution >= 0.6 is 11.6 Å². The van der Waals surface area contributed by atoms with E-state index in [2.05, 4.69) is 26.3 Å². The fourth-order valence-corrected chi connectivity index (χ4v) is 4.18. The van der Waals surface area contributed by atoms with Gasteiger partial charge in [0.1, 0.15) is 11.9 Å². The molecule has 0 atom stereocenters. The molecule has 0 aliphatic carbocycles. The van der Waals surface area contributed by atoms with E-state index in [0.717, 1.165) is 33.1 Å². The van der Waals surface area contributed by atoms with Crippen LogP contribution in [0.3, 0.4) is 0 Å². The fourth-order valence-electron chi connectivity index (χ4n) is 4.01. The molecule has 0 saturated heterocycles. The van der Waals surface area contributed by atoms with Gasteiger partial charge in [0.25, 0.3) is 0 Å². The van der Waals surface area contributed by atoms with Crippen LogP contribution in [-0.2, 0) is 19.5 Å². The molecular weight excluding hydrogens is 437 g/mol. The number of aromatic amines is 1. The van der Waals surface area contributed by atoms with E-state index in [-0.39, 0.29) is 5.82 Å². The first-order valence-electron chi connectivity index (χ1n) is 10.5. The summed E-state index contributed by atoms with van der Waals surface area (Å²) in [7, 11) is 0. The Morgan fingerprint density at radius 1 is 1.00 bits per heavy atom. The molecular formula is C26H19ClFN5. The fraction of sp³-hybridized carbons (Fsp3) is 0.115. The second-order valence-corrected chi connectivity index (χ2v) is 8.36. The summed E-state index contributed by atoms with van der Waals surface area (Å²) in [5.41, 5.74) is 5.47. The number of hydrogen-bond acceptors (Lipinski definition) is 4. The van der Waals surface area contributed by atoms with Crippen LogP contribution in [0, 0.1) is 17.1 Å². The van der Waals surface area contributed by atoms with Crippen molar-refractivity contribution in [3.05, 3.63) is 106 Å². The molecule has 0 radical (unpaired) electrons. The third-order valence-electron chi connectivity index (χ3n) is 5.56. The first-order valence-corrected chi connectivity index (χ1v) is 10.8. The van der Waals surface area contributed by atoms with Crippen molar-refractivity contribution in [2.24, 2.45) is 0 Å². The Hall–Kier alpha value is -3.79. The molecule has 5 aromatic rings. The maximum absolute atomic E-state index is 14.3. The Balaban J connectivity index is 1.30. The Bertz CT molecular complexity index is 1520. The number of nitrogens with zero attached hydrogens (tertiary/aromatic N) is 3. The third kappa shape index (κ3) is 4.56. The van der Waals surface area contributed by atoms with Gasteiger partial charge in [0.15, 0.2) is 0 Å². The first kappa shape index (κ1) is 21.1. The van der Waals surface area contributed by atoms with E-state index in [0.29, 0.717) is 41.2 Å². The Labute approximate surface area is 194 Å². The highest BCUT2D eigenvalue weighted by Gasteiger charge is 2.09. The number of nitrogens with one attached hydrogen (secondary N) is 2. The van der Waals surface area contributed by atoms with Gasteiger partial charge < -0.3 is 10.3 Å². The van der Waals surface area contributed by atoms with Gasteiger partial charge in [0, 0.05) is 60.3 Å². The topological polar surface area (TPSA) is 77.4 Å². The third-order valence-corrected chi connectivity index (χ3v) is 5.77. The summed E-state index contributed by atoms with van der Waals surface area (Å²) in [5.74, 6) is -0.230. The van der Waals surface area contributed by atoms with Crippen molar-refractivity contribution in [3.63, 3.8) is 0 Å². The standard InChI is InChI=1S/C26H19ClFN5/c27-22-10-19-5-17(6-20(12-29)26(19)33-15-22)8-23-7-16(1-3-31-23)13-30-14-21-9-18-2-4-32-25(18)11-24(21)28/h1-7,9-11,15,30,32H,8,13-14H2. The predicted molar refractivity (Wildman–Crippen MR) is 127 cm³/mol. The van der Waals surface area contributed by atoms with Gasteiger partial charge in [-0.15, -0.1) is 0 Å².